The van der Waals surface area contributed by atoms with Crippen molar-refractivity contribution < 1.29 is 9.90 Å². The summed E-state index contributed by atoms with van der Waals surface area (Å²) in [6.07, 6.45) is 4.89. The van der Waals surface area contributed by atoms with Gasteiger partial charge in [0.15, 0.2) is 0 Å². The molecule has 0 saturated carbocycles. The molecule has 1 aromatic carbocycles. The van der Waals surface area contributed by atoms with E-state index in [1.807, 2.05) is 30.1 Å². The molecule has 1 heterocycles. The summed E-state index contributed by atoms with van der Waals surface area (Å²) in [7, 11) is 0. The summed E-state index contributed by atoms with van der Waals surface area (Å²) in [5, 5.41) is 16.6. The molecule has 0 bridgehead atoms. The van der Waals surface area contributed by atoms with E-state index in [1.54, 1.807) is 12.1 Å². The second-order valence-electron chi connectivity index (χ2n) is 4.75. The molecule has 0 atom stereocenters. The fourth-order valence-corrected chi connectivity index (χ4v) is 2.11. The highest BCUT2D eigenvalue weighted by atomic mass is 16.4. The van der Waals surface area contributed by atoms with Crippen LogP contribution in [0.15, 0.2) is 30.6 Å². The van der Waals surface area contributed by atoms with Gasteiger partial charge >= 0.3 is 5.97 Å². The van der Waals surface area contributed by atoms with Crippen molar-refractivity contribution in [2.75, 3.05) is 5.32 Å². The van der Waals surface area contributed by atoms with Crippen LogP contribution in [0.5, 0.6) is 0 Å². The molecule has 0 saturated heterocycles. The monoisotopic (exact) mass is 273 g/mol. The number of carbonyl (C=O) groups is 1. The van der Waals surface area contributed by atoms with Gasteiger partial charge in [-0.05, 0) is 31.0 Å². The molecule has 5 heteroatoms. The minimum absolute atomic E-state index is 0.330. The molecule has 5 nitrogen and oxygen atoms in total. The molecular formula is C15H19N3O2. The number of nitrogens with one attached hydrogen (secondary N) is 1. The van der Waals surface area contributed by atoms with Gasteiger partial charge in [-0.1, -0.05) is 13.0 Å². The van der Waals surface area contributed by atoms with E-state index in [4.69, 9.17) is 5.11 Å². The lowest BCUT2D eigenvalue weighted by Crippen LogP contribution is -2.05. The minimum atomic E-state index is -0.901. The SMILES string of the molecule is CCCn1cc(CNc2cccc(C(=O)O)c2C)cn1. The number of carboxylic acid groups (broad SMARTS) is 1. The molecule has 1 aromatic heterocycles. The summed E-state index contributed by atoms with van der Waals surface area (Å²) >= 11 is 0. The molecule has 0 unspecified atom stereocenters. The average Bonchev–Trinajstić information content (AvgIpc) is 2.85. The quantitative estimate of drug-likeness (QED) is 0.849. The zero-order valence-corrected chi connectivity index (χ0v) is 11.8. The number of aryl methyl sites for hydroxylation is 1. The second-order valence-corrected chi connectivity index (χ2v) is 4.75. The molecule has 0 amide bonds. The molecule has 2 aromatic rings. The van der Waals surface area contributed by atoms with Gasteiger partial charge in [0.05, 0.1) is 11.8 Å². The third-order valence-electron chi connectivity index (χ3n) is 3.19. The Morgan fingerprint density at radius 3 is 2.95 bits per heavy atom. The summed E-state index contributed by atoms with van der Waals surface area (Å²) in [4.78, 5) is 11.1. The Morgan fingerprint density at radius 1 is 1.45 bits per heavy atom. The first-order chi connectivity index (χ1) is 9.61. The van der Waals surface area contributed by atoms with Crippen LogP contribution in [0.2, 0.25) is 0 Å². The van der Waals surface area contributed by atoms with E-state index in [1.165, 1.54) is 0 Å². The highest BCUT2D eigenvalue weighted by Gasteiger charge is 2.09. The van der Waals surface area contributed by atoms with Crippen molar-refractivity contribution in [2.45, 2.75) is 33.4 Å². The van der Waals surface area contributed by atoms with Gasteiger partial charge in [-0.25, -0.2) is 4.79 Å². The normalized spacial score (nSPS) is 10.5. The van der Waals surface area contributed by atoms with Crippen LogP contribution in [-0.4, -0.2) is 20.9 Å². The number of nitrogens with zero attached hydrogens (tertiary/aromatic N) is 2. The number of rotatable bonds is 6. The van der Waals surface area contributed by atoms with E-state index < -0.39 is 5.97 Å². The molecule has 2 rings (SSSR count). The van der Waals surface area contributed by atoms with Gasteiger partial charge in [-0.3, -0.25) is 4.68 Å². The number of benzene rings is 1. The topological polar surface area (TPSA) is 67.2 Å². The fraction of sp³-hybridized carbons (Fsp3) is 0.333. The largest absolute Gasteiger partial charge is 0.478 e. The zero-order valence-electron chi connectivity index (χ0n) is 11.8. The Morgan fingerprint density at radius 2 is 2.25 bits per heavy atom. The Balaban J connectivity index is 2.06. The summed E-state index contributed by atoms with van der Waals surface area (Å²) in [5.74, 6) is -0.901. The number of aromatic nitrogens is 2. The van der Waals surface area contributed by atoms with Crippen molar-refractivity contribution in [2.24, 2.45) is 0 Å². The standard InChI is InChI=1S/C15H19N3O2/c1-3-7-18-10-12(9-17-18)8-16-14-6-4-5-13(11(14)2)15(19)20/h4-6,9-10,16H,3,7-8H2,1-2H3,(H,19,20). The van der Waals surface area contributed by atoms with Crippen molar-refractivity contribution >= 4 is 11.7 Å². The van der Waals surface area contributed by atoms with Gasteiger partial charge in [0.1, 0.15) is 0 Å². The van der Waals surface area contributed by atoms with Crippen molar-refractivity contribution in [3.63, 3.8) is 0 Å². The maximum absolute atomic E-state index is 11.1. The Labute approximate surface area is 118 Å². The lowest BCUT2D eigenvalue weighted by Gasteiger charge is -2.10. The van der Waals surface area contributed by atoms with Gasteiger partial charge in [0.25, 0.3) is 0 Å². The van der Waals surface area contributed by atoms with Gasteiger partial charge in [0.2, 0.25) is 0 Å². The van der Waals surface area contributed by atoms with Crippen LogP contribution in [0.3, 0.4) is 0 Å². The van der Waals surface area contributed by atoms with Gasteiger partial charge in [-0.15, -0.1) is 0 Å². The van der Waals surface area contributed by atoms with Crippen molar-refractivity contribution in [1.29, 1.82) is 0 Å². The summed E-state index contributed by atoms with van der Waals surface area (Å²) < 4.78 is 1.91. The summed E-state index contributed by atoms with van der Waals surface area (Å²) in [5.41, 5.74) is 3.00. The molecule has 0 aliphatic carbocycles. The average molecular weight is 273 g/mol. The first-order valence-corrected chi connectivity index (χ1v) is 6.70. The van der Waals surface area contributed by atoms with Crippen LogP contribution in [-0.2, 0) is 13.1 Å². The molecule has 20 heavy (non-hydrogen) atoms. The van der Waals surface area contributed by atoms with Crippen molar-refractivity contribution in [3.05, 3.63) is 47.3 Å². The molecule has 0 radical (unpaired) electrons. The van der Waals surface area contributed by atoms with Crippen LogP contribution in [0.1, 0.15) is 34.8 Å². The van der Waals surface area contributed by atoms with E-state index >= 15 is 0 Å². The van der Waals surface area contributed by atoms with E-state index in [0.717, 1.165) is 29.8 Å². The molecule has 0 spiro atoms. The van der Waals surface area contributed by atoms with Crippen LogP contribution >= 0.6 is 0 Å². The van der Waals surface area contributed by atoms with E-state index in [9.17, 15) is 4.79 Å². The smallest absolute Gasteiger partial charge is 0.336 e. The predicted octanol–water partition coefficient (Wildman–Crippen LogP) is 2.91. The number of anilines is 1. The van der Waals surface area contributed by atoms with Gasteiger partial charge in [0, 0.05) is 30.5 Å². The van der Waals surface area contributed by atoms with E-state index in [2.05, 4.69) is 17.3 Å². The highest BCUT2D eigenvalue weighted by molar-refractivity contribution is 5.91. The lowest BCUT2D eigenvalue weighted by molar-refractivity contribution is 0.0696. The minimum Gasteiger partial charge on any atom is -0.478 e. The third-order valence-corrected chi connectivity index (χ3v) is 3.19. The molecule has 2 N–H and O–H groups in total. The lowest BCUT2D eigenvalue weighted by atomic mass is 10.1. The van der Waals surface area contributed by atoms with Crippen molar-refractivity contribution in [3.8, 4) is 0 Å². The molecule has 106 valence electrons. The number of hydrogen-bond donors (Lipinski definition) is 2. The first kappa shape index (κ1) is 14.1. The Hall–Kier alpha value is -2.30. The molecule has 0 aliphatic heterocycles. The zero-order chi connectivity index (χ0) is 14.5. The van der Waals surface area contributed by atoms with E-state index in [0.29, 0.717) is 12.1 Å². The highest BCUT2D eigenvalue weighted by Crippen LogP contribution is 2.19. The first-order valence-electron chi connectivity index (χ1n) is 6.70. The maximum Gasteiger partial charge on any atom is 0.336 e. The van der Waals surface area contributed by atoms with Crippen molar-refractivity contribution in [1.82, 2.24) is 9.78 Å². The number of carboxylic acids is 1. The summed E-state index contributed by atoms with van der Waals surface area (Å²) in [6, 6.07) is 5.25. The van der Waals surface area contributed by atoms with Gasteiger partial charge < -0.3 is 10.4 Å². The number of hydrogen-bond acceptors (Lipinski definition) is 3. The maximum atomic E-state index is 11.1. The molecule has 0 fully saturated rings. The second kappa shape index (κ2) is 6.23. The molecule has 0 aliphatic rings. The summed E-state index contributed by atoms with van der Waals surface area (Å²) in [6.45, 7) is 5.47. The van der Waals surface area contributed by atoms with Crippen LogP contribution in [0.4, 0.5) is 5.69 Å². The third kappa shape index (κ3) is 3.17. The van der Waals surface area contributed by atoms with Crippen LogP contribution < -0.4 is 5.32 Å². The fourth-order valence-electron chi connectivity index (χ4n) is 2.11. The molecular weight excluding hydrogens is 254 g/mol. The van der Waals surface area contributed by atoms with Crippen LogP contribution in [0.25, 0.3) is 0 Å². The predicted molar refractivity (Wildman–Crippen MR) is 78.0 cm³/mol. The Bertz CT molecular complexity index is 605. The Kier molecular flexibility index (Phi) is 4.40. The van der Waals surface area contributed by atoms with Crippen LogP contribution in [0, 0.1) is 6.92 Å². The number of aromatic carboxylic acids is 1. The van der Waals surface area contributed by atoms with Gasteiger partial charge in [-0.2, -0.15) is 5.10 Å². The van der Waals surface area contributed by atoms with E-state index in [-0.39, 0.29) is 0 Å².